The number of hydrogen-bond donors (Lipinski definition) is 7. The number of carbonyl (C=O) groups is 5. The number of aryl methyl sites for hydroxylation is 1. The van der Waals surface area contributed by atoms with Gasteiger partial charge in [0.1, 0.15) is 42.1 Å². The summed E-state index contributed by atoms with van der Waals surface area (Å²) < 4.78 is 27.6. The molecule has 2 aromatic rings. The van der Waals surface area contributed by atoms with Crippen LogP contribution in [0.25, 0.3) is 33.3 Å². The number of aliphatic hydroxyl groups excluding tert-OH is 4. The van der Waals surface area contributed by atoms with Gasteiger partial charge >= 0.3 is 12.1 Å². The van der Waals surface area contributed by atoms with Gasteiger partial charge in [0, 0.05) is 98.9 Å². The maximum Gasteiger partial charge on any atom is 0.407 e. The molecule has 7 N–H and O–H groups in total. The molecule has 6 aliphatic rings. The summed E-state index contributed by atoms with van der Waals surface area (Å²) in [5.41, 5.74) is 7.94. The maximum absolute atomic E-state index is 15.3. The number of esters is 1. The second-order valence-corrected chi connectivity index (χ2v) is 23.3. The van der Waals surface area contributed by atoms with E-state index >= 15 is 4.79 Å². The van der Waals surface area contributed by atoms with Gasteiger partial charge in [-0.1, -0.05) is 13.8 Å². The Balaban J connectivity index is 1.12. The van der Waals surface area contributed by atoms with Crippen molar-refractivity contribution in [3.8, 4) is 0 Å². The molecular weight excluding hydrogens is 1060 g/mol. The van der Waals surface area contributed by atoms with Gasteiger partial charge in [0.15, 0.2) is 0 Å². The highest BCUT2D eigenvalue weighted by atomic mass is 32.2. The SMILES string of the molecule is CCC1=C(C)c2cc3nc(cc4[nH]c(c5c6[nH]c(cc1n2)c(C)c6C(=O)N(CCN1CCOCC1)C5=O)[C@@H](CCC(=O)N(C)CCNC(=O)OC(C)(C)C)[C@@H]4C)C(C)=C3/C=C/C(=O)OCCOCCS[C@@H]1O[C@H](CO)[C@@H](O)[C@H](O)[C@H]1O. The zero-order valence-electron chi connectivity index (χ0n) is 47.8. The summed E-state index contributed by atoms with van der Waals surface area (Å²) in [6.45, 7) is 18.4. The van der Waals surface area contributed by atoms with Crippen molar-refractivity contribution in [2.45, 2.75) is 122 Å². The Kier molecular flexibility index (Phi) is 20.0. The van der Waals surface area contributed by atoms with Crippen LogP contribution in [-0.2, 0) is 33.3 Å². The second-order valence-electron chi connectivity index (χ2n) is 22.1. The molecule has 0 radical (unpaired) electrons. The van der Waals surface area contributed by atoms with Gasteiger partial charge in [-0.2, -0.15) is 0 Å². The van der Waals surface area contributed by atoms with Crippen molar-refractivity contribution in [1.82, 2.24) is 40.0 Å². The van der Waals surface area contributed by atoms with Gasteiger partial charge in [-0.15, -0.1) is 11.8 Å². The molecule has 81 heavy (non-hydrogen) atoms. The van der Waals surface area contributed by atoms with Crippen molar-refractivity contribution in [3.05, 3.63) is 81.2 Å². The summed E-state index contributed by atoms with van der Waals surface area (Å²) in [5.74, 6) is -2.01. The number of allylic oxidation sites excluding steroid dienone is 5. The molecule has 0 spiro atoms. The number of carbonyl (C=O) groups excluding carboxylic acids is 5. The first kappa shape index (κ1) is 61.1. The highest BCUT2D eigenvalue weighted by Gasteiger charge is 2.44. The molecule has 23 heteroatoms. The molecule has 7 atom stereocenters. The number of hydrogen-bond acceptors (Lipinski definition) is 18. The number of imide groups is 1. The van der Waals surface area contributed by atoms with Crippen LogP contribution >= 0.6 is 11.8 Å². The maximum atomic E-state index is 15.3. The van der Waals surface area contributed by atoms with E-state index < -0.39 is 71.9 Å². The van der Waals surface area contributed by atoms with E-state index in [1.807, 2.05) is 52.8 Å². The molecule has 0 aromatic carbocycles. The topological polar surface area (TPSA) is 292 Å². The summed E-state index contributed by atoms with van der Waals surface area (Å²) in [7, 11) is 1.68. The van der Waals surface area contributed by atoms with Gasteiger partial charge in [0.25, 0.3) is 11.8 Å². The fourth-order valence-corrected chi connectivity index (χ4v) is 11.8. The van der Waals surface area contributed by atoms with Gasteiger partial charge in [-0.05, 0) is 101 Å². The lowest BCUT2D eigenvalue weighted by Crippen LogP contribution is -2.57. The molecule has 0 saturated carbocycles. The van der Waals surface area contributed by atoms with Gasteiger partial charge in [0.2, 0.25) is 5.91 Å². The zero-order chi connectivity index (χ0) is 58.4. The molecule has 2 fully saturated rings. The number of nitrogens with zero attached hydrogens (tertiary/aromatic N) is 5. The lowest BCUT2D eigenvalue weighted by molar-refractivity contribution is -0.205. The van der Waals surface area contributed by atoms with Crippen LogP contribution in [0.15, 0.2) is 30.4 Å². The van der Waals surface area contributed by atoms with Crippen LogP contribution < -0.4 is 5.32 Å². The van der Waals surface area contributed by atoms with Crippen molar-refractivity contribution in [1.29, 1.82) is 0 Å². The van der Waals surface area contributed by atoms with Crippen molar-refractivity contribution < 1.29 is 68.1 Å². The molecule has 22 nitrogen and oxygen atoms in total. The number of fused-ring (bicyclic) bond motifs is 8. The van der Waals surface area contributed by atoms with Crippen LogP contribution in [0.4, 0.5) is 4.79 Å². The summed E-state index contributed by atoms with van der Waals surface area (Å²) in [6, 6.07) is 5.76. The molecule has 4 amide bonds. The normalized spacial score (nSPS) is 22.9. The Morgan fingerprint density at radius 3 is 2.35 bits per heavy atom. The number of thioether (sulfide) groups is 1. The van der Waals surface area contributed by atoms with Gasteiger partial charge in [-0.25, -0.2) is 19.6 Å². The van der Waals surface area contributed by atoms with E-state index in [2.05, 4.69) is 20.2 Å². The number of ether oxygens (including phenoxy) is 5. The monoisotopic (exact) mass is 1140 g/mol. The number of amides is 4. The van der Waals surface area contributed by atoms with Crippen LogP contribution in [0, 0.1) is 6.92 Å². The molecule has 0 aliphatic carbocycles. The molecule has 2 saturated heterocycles. The van der Waals surface area contributed by atoms with E-state index in [9.17, 15) is 39.6 Å². The Hall–Kier alpha value is -6.02. The molecular formula is C58H78N8O14S. The van der Waals surface area contributed by atoms with Crippen molar-refractivity contribution in [2.24, 2.45) is 0 Å². The van der Waals surface area contributed by atoms with Gasteiger partial charge in [0.05, 0.1) is 72.5 Å². The summed E-state index contributed by atoms with van der Waals surface area (Å²) in [5, 5.41) is 42.7. The van der Waals surface area contributed by atoms with Crippen molar-refractivity contribution >= 4 is 74.9 Å². The first-order valence-corrected chi connectivity index (χ1v) is 28.9. The van der Waals surface area contributed by atoms with Crippen molar-refractivity contribution in [3.63, 3.8) is 0 Å². The fourth-order valence-electron chi connectivity index (χ4n) is 10.8. The van der Waals surface area contributed by atoms with Crippen LogP contribution in [0.2, 0.25) is 0 Å². The first-order chi connectivity index (χ1) is 38.6. The number of rotatable bonds is 20. The number of alkyl carbamates (subject to hydrolysis) is 1. The van der Waals surface area contributed by atoms with Crippen LogP contribution in [0.5, 0.6) is 0 Å². The zero-order valence-corrected chi connectivity index (χ0v) is 48.6. The highest BCUT2D eigenvalue weighted by molar-refractivity contribution is 7.99. The fraction of sp³-hybridized carbons (Fsp3) is 0.569. The Morgan fingerprint density at radius 1 is 0.914 bits per heavy atom. The third-order valence-electron chi connectivity index (χ3n) is 15.5. The van der Waals surface area contributed by atoms with E-state index in [0.29, 0.717) is 113 Å². The number of aromatic amines is 2. The molecule has 6 aliphatic heterocycles. The third-order valence-corrected chi connectivity index (χ3v) is 16.7. The number of H-pyrrole nitrogens is 2. The number of morpholine rings is 1. The average Bonchev–Trinajstić information content (AvgIpc) is 2.96. The largest absolute Gasteiger partial charge is 0.460 e. The molecule has 8 heterocycles. The Morgan fingerprint density at radius 2 is 1.63 bits per heavy atom. The van der Waals surface area contributed by atoms with Crippen LogP contribution in [-0.4, -0.2) is 212 Å². The second kappa shape index (κ2) is 26.5. The summed E-state index contributed by atoms with van der Waals surface area (Å²) in [6.07, 6.45) is -1.79. The third kappa shape index (κ3) is 13.9. The van der Waals surface area contributed by atoms with E-state index in [4.69, 9.17) is 33.7 Å². The van der Waals surface area contributed by atoms with E-state index in [1.54, 1.807) is 38.8 Å². The van der Waals surface area contributed by atoms with E-state index in [0.717, 1.165) is 34.2 Å². The standard InChI is InChI=1S/C58H78N8O14S/c1-10-35-31(2)39-28-43-36(12-14-46(69)78-24-23-77-25-26-81-56-53(72)52(71)51(70)44(30-67)79-56)32(3)38(61-43)27-40-33(4)37(11-13-45(68)64(9)16-15-59-57(75)80-58(6,7)8)49(62-40)48-50-47(34(5)41(63-50)29-42(35)60-39)54(73)66(55(48)74)18-17-65-19-21-76-22-20-65/h12,14,27-29,33,37,44,51-53,56,62-63,67,70-72H,10-11,13,15-26,30H2,1-9H3,(H,59,75)/b14-12+,40-27?,42-29?,43-28?,49-48?/t33-,37-,44+,51+,52-,53+,56-/m0/s1. The highest BCUT2D eigenvalue weighted by Crippen LogP contribution is 2.45. The summed E-state index contributed by atoms with van der Waals surface area (Å²) >= 11 is 1.16. The molecule has 440 valence electrons. The number of aliphatic hydroxyl groups is 4. The Bertz CT molecular complexity index is 3030. The predicted molar refractivity (Wildman–Crippen MR) is 304 cm³/mol. The average molecular weight is 1140 g/mol. The van der Waals surface area contributed by atoms with E-state index in [1.165, 1.54) is 11.0 Å². The van der Waals surface area contributed by atoms with Crippen LogP contribution in [0.1, 0.15) is 140 Å². The molecule has 2 aromatic heterocycles. The quantitative estimate of drug-likeness (QED) is 0.0404. The minimum atomic E-state index is -1.47. The smallest absolute Gasteiger partial charge is 0.407 e. The lowest BCUT2D eigenvalue weighted by atomic mass is 9.84. The lowest BCUT2D eigenvalue weighted by Gasteiger charge is -2.39. The molecule has 8 rings (SSSR count). The number of likely N-dealkylation sites (N-methyl/N-ethyl adjacent to an activating group) is 1. The van der Waals surface area contributed by atoms with Gasteiger partial charge in [-0.3, -0.25) is 24.2 Å². The Labute approximate surface area is 476 Å². The number of aromatic nitrogens is 4. The van der Waals surface area contributed by atoms with E-state index in [-0.39, 0.29) is 57.7 Å². The van der Waals surface area contributed by atoms with Gasteiger partial charge < -0.3 is 64.3 Å². The van der Waals surface area contributed by atoms with Crippen molar-refractivity contribution in [2.75, 3.05) is 91.7 Å². The minimum Gasteiger partial charge on any atom is -0.460 e. The summed E-state index contributed by atoms with van der Waals surface area (Å²) in [4.78, 5) is 92.3. The molecule has 0 unspecified atom stereocenters. The first-order valence-electron chi connectivity index (χ1n) is 27.8. The van der Waals surface area contributed by atoms with Crippen LogP contribution in [0.3, 0.4) is 0 Å². The predicted octanol–water partition coefficient (Wildman–Crippen LogP) is 4.84. The molecule has 8 bridgehead atoms. The minimum absolute atomic E-state index is 0.0562. The number of nitrogens with one attached hydrogen (secondary N) is 3.